The molecule has 8 nitrogen and oxygen atoms in total. The summed E-state index contributed by atoms with van der Waals surface area (Å²) >= 11 is 0. The largest absolute Gasteiger partial charge is 0.461 e. The summed E-state index contributed by atoms with van der Waals surface area (Å²) in [6, 6.07) is 3.03. The summed E-state index contributed by atoms with van der Waals surface area (Å²) < 4.78 is 10.4. The highest BCUT2D eigenvalue weighted by Crippen LogP contribution is 2.38. The van der Waals surface area contributed by atoms with E-state index >= 15 is 0 Å². The zero-order valence-electron chi connectivity index (χ0n) is 13.3. The highest BCUT2D eigenvalue weighted by molar-refractivity contribution is 6.07. The van der Waals surface area contributed by atoms with Crippen LogP contribution in [-0.2, 0) is 11.3 Å². The second kappa shape index (κ2) is 5.47. The molecule has 8 heteroatoms. The number of rotatable bonds is 3. The minimum Gasteiger partial charge on any atom is -0.461 e. The zero-order valence-corrected chi connectivity index (χ0v) is 13.3. The summed E-state index contributed by atoms with van der Waals surface area (Å²) in [4.78, 5) is 30.6. The van der Waals surface area contributed by atoms with Crippen LogP contribution in [0.25, 0.3) is 11.6 Å². The van der Waals surface area contributed by atoms with Gasteiger partial charge in [-0.25, -0.2) is 4.79 Å². The topological polar surface area (TPSA) is 101 Å². The molecule has 4 rings (SSSR count). The molecule has 2 aromatic rings. The summed E-state index contributed by atoms with van der Waals surface area (Å²) in [7, 11) is 0. The van der Waals surface area contributed by atoms with Gasteiger partial charge in [0.1, 0.15) is 12.1 Å². The van der Waals surface area contributed by atoms with Gasteiger partial charge in [0.15, 0.2) is 5.76 Å². The summed E-state index contributed by atoms with van der Waals surface area (Å²) in [6.45, 7) is 1.98. The van der Waals surface area contributed by atoms with Crippen molar-refractivity contribution in [3.8, 4) is 11.6 Å². The normalized spacial score (nSPS) is 27.0. The number of carbonyl (C=O) groups is 2. The van der Waals surface area contributed by atoms with E-state index in [1.165, 1.54) is 11.2 Å². The van der Waals surface area contributed by atoms with Crippen molar-refractivity contribution in [2.75, 3.05) is 0 Å². The average Bonchev–Trinajstić information content (AvgIpc) is 3.28. The van der Waals surface area contributed by atoms with Crippen LogP contribution in [-0.4, -0.2) is 32.5 Å². The fourth-order valence-electron chi connectivity index (χ4n) is 3.60. The maximum atomic E-state index is 12.9. The minimum absolute atomic E-state index is 0.0349. The van der Waals surface area contributed by atoms with E-state index in [1.807, 2.05) is 6.92 Å². The van der Waals surface area contributed by atoms with Crippen LogP contribution >= 0.6 is 0 Å². The number of nitrogens with zero attached hydrogens (tertiary/aromatic N) is 3. The molecule has 2 atom stereocenters. The van der Waals surface area contributed by atoms with Crippen LogP contribution in [0.1, 0.15) is 38.5 Å². The third kappa shape index (κ3) is 2.21. The Balaban J connectivity index is 1.55. The zero-order chi connectivity index (χ0) is 16.7. The van der Waals surface area contributed by atoms with Crippen LogP contribution < -0.4 is 5.32 Å². The quantitative estimate of drug-likeness (QED) is 0.867. The Labute approximate surface area is 138 Å². The summed E-state index contributed by atoms with van der Waals surface area (Å²) in [5.41, 5.74) is -0.779. The summed E-state index contributed by atoms with van der Waals surface area (Å²) in [5.74, 6) is 0.888. The molecule has 0 bridgehead atoms. The summed E-state index contributed by atoms with van der Waals surface area (Å²) in [5, 5.41) is 6.72. The first-order valence-corrected chi connectivity index (χ1v) is 8.11. The van der Waals surface area contributed by atoms with E-state index in [2.05, 4.69) is 15.5 Å². The third-order valence-electron chi connectivity index (χ3n) is 5.00. The molecule has 1 N–H and O–H groups in total. The molecule has 24 heavy (non-hydrogen) atoms. The number of carbonyl (C=O) groups excluding carboxylic acids is 2. The number of hydrogen-bond acceptors (Lipinski definition) is 6. The Kier molecular flexibility index (Phi) is 3.40. The third-order valence-corrected chi connectivity index (χ3v) is 5.00. The molecule has 126 valence electrons. The van der Waals surface area contributed by atoms with Gasteiger partial charge in [-0.3, -0.25) is 9.69 Å². The molecular weight excluding hydrogens is 312 g/mol. The van der Waals surface area contributed by atoms with E-state index in [1.54, 1.807) is 12.1 Å². The van der Waals surface area contributed by atoms with E-state index in [0.717, 1.165) is 19.3 Å². The number of furan rings is 1. The molecule has 2 fully saturated rings. The predicted molar refractivity (Wildman–Crippen MR) is 81.4 cm³/mol. The number of hydrogen-bond donors (Lipinski definition) is 1. The van der Waals surface area contributed by atoms with Gasteiger partial charge >= 0.3 is 6.03 Å². The molecular formula is C16H18N4O4. The Morgan fingerprint density at radius 2 is 2.29 bits per heavy atom. The maximum absolute atomic E-state index is 12.9. The van der Waals surface area contributed by atoms with Crippen LogP contribution in [0.4, 0.5) is 4.79 Å². The van der Waals surface area contributed by atoms with E-state index in [-0.39, 0.29) is 24.3 Å². The van der Waals surface area contributed by atoms with Crippen molar-refractivity contribution in [2.45, 2.75) is 44.7 Å². The molecule has 1 aliphatic heterocycles. The number of aromatic nitrogens is 2. The Bertz CT molecular complexity index is 769. The van der Waals surface area contributed by atoms with Gasteiger partial charge < -0.3 is 14.3 Å². The van der Waals surface area contributed by atoms with Crippen molar-refractivity contribution < 1.29 is 18.5 Å². The molecule has 2 aromatic heterocycles. The second-order valence-corrected chi connectivity index (χ2v) is 6.43. The standard InChI is InChI=1S/C16H18N4O4/c1-10-5-2-3-7-16(10)14(21)20(15(22)18-16)9-12-17-13(19-24-12)11-6-4-8-23-11/h4,6,8,10H,2-3,5,7,9H2,1H3,(H,18,22)/t10-,16-/m0/s1. The first-order valence-electron chi connectivity index (χ1n) is 8.11. The second-order valence-electron chi connectivity index (χ2n) is 6.43. The van der Waals surface area contributed by atoms with Crippen LogP contribution in [0.5, 0.6) is 0 Å². The van der Waals surface area contributed by atoms with Gasteiger partial charge in [-0.15, -0.1) is 0 Å². The van der Waals surface area contributed by atoms with Crippen LogP contribution in [0.2, 0.25) is 0 Å². The molecule has 1 saturated carbocycles. The Hall–Kier alpha value is -2.64. The van der Waals surface area contributed by atoms with E-state index < -0.39 is 11.6 Å². The lowest BCUT2D eigenvalue weighted by atomic mass is 9.73. The van der Waals surface area contributed by atoms with Gasteiger partial charge in [-0.2, -0.15) is 4.98 Å². The van der Waals surface area contributed by atoms with Crippen LogP contribution in [0.15, 0.2) is 27.3 Å². The van der Waals surface area contributed by atoms with Crippen molar-refractivity contribution >= 4 is 11.9 Å². The molecule has 1 aliphatic carbocycles. The van der Waals surface area contributed by atoms with Gasteiger partial charge in [0.05, 0.1) is 6.26 Å². The highest BCUT2D eigenvalue weighted by Gasteiger charge is 2.55. The molecule has 0 unspecified atom stereocenters. The highest BCUT2D eigenvalue weighted by atomic mass is 16.5. The van der Waals surface area contributed by atoms with Crippen LogP contribution in [0, 0.1) is 5.92 Å². The average molecular weight is 330 g/mol. The lowest BCUT2D eigenvalue weighted by Gasteiger charge is -2.36. The smallest absolute Gasteiger partial charge is 0.325 e. The fraction of sp³-hybridized carbons (Fsp3) is 0.500. The molecule has 0 radical (unpaired) electrons. The first-order chi connectivity index (χ1) is 11.6. The van der Waals surface area contributed by atoms with Crippen molar-refractivity contribution in [2.24, 2.45) is 5.92 Å². The Morgan fingerprint density at radius 1 is 1.42 bits per heavy atom. The number of urea groups is 1. The maximum Gasteiger partial charge on any atom is 0.325 e. The monoisotopic (exact) mass is 330 g/mol. The van der Waals surface area contributed by atoms with Gasteiger partial charge in [0.25, 0.3) is 5.91 Å². The van der Waals surface area contributed by atoms with Crippen LogP contribution in [0.3, 0.4) is 0 Å². The minimum atomic E-state index is -0.779. The fourth-order valence-corrected chi connectivity index (χ4v) is 3.60. The van der Waals surface area contributed by atoms with Gasteiger partial charge in [-0.1, -0.05) is 24.9 Å². The lowest BCUT2D eigenvalue weighted by Crippen LogP contribution is -2.53. The van der Waals surface area contributed by atoms with Gasteiger partial charge in [0.2, 0.25) is 11.7 Å². The van der Waals surface area contributed by atoms with Crippen molar-refractivity contribution in [1.82, 2.24) is 20.4 Å². The molecule has 3 heterocycles. The molecule has 0 aromatic carbocycles. The number of nitrogens with one attached hydrogen (secondary N) is 1. The van der Waals surface area contributed by atoms with E-state index in [0.29, 0.717) is 18.0 Å². The summed E-state index contributed by atoms with van der Waals surface area (Å²) in [6.07, 6.45) is 5.15. The SMILES string of the molecule is C[C@H]1CCCC[C@]12NC(=O)N(Cc1nc(-c3ccco3)no1)C2=O. The van der Waals surface area contributed by atoms with Crippen molar-refractivity contribution in [3.63, 3.8) is 0 Å². The molecule has 2 aliphatic rings. The first kappa shape index (κ1) is 14.9. The van der Waals surface area contributed by atoms with E-state index in [4.69, 9.17) is 8.94 Å². The lowest BCUT2D eigenvalue weighted by molar-refractivity contribution is -0.134. The number of amides is 3. The Morgan fingerprint density at radius 3 is 3.04 bits per heavy atom. The van der Waals surface area contributed by atoms with E-state index in [9.17, 15) is 9.59 Å². The van der Waals surface area contributed by atoms with Crippen molar-refractivity contribution in [1.29, 1.82) is 0 Å². The van der Waals surface area contributed by atoms with Gasteiger partial charge in [0, 0.05) is 0 Å². The predicted octanol–water partition coefficient (Wildman–Crippen LogP) is 2.33. The molecule has 1 saturated heterocycles. The molecule has 3 amide bonds. The molecule has 1 spiro atoms. The number of imide groups is 1. The van der Waals surface area contributed by atoms with Gasteiger partial charge in [-0.05, 0) is 30.9 Å². The van der Waals surface area contributed by atoms with Crippen molar-refractivity contribution in [3.05, 3.63) is 24.3 Å².